The smallest absolute Gasteiger partial charge is 0.0594 e. The zero-order valence-corrected chi connectivity index (χ0v) is 12.3. The van der Waals surface area contributed by atoms with E-state index in [2.05, 4.69) is 33.1 Å². The van der Waals surface area contributed by atoms with Gasteiger partial charge in [0, 0.05) is 31.9 Å². The summed E-state index contributed by atoms with van der Waals surface area (Å²) in [6.45, 7) is 7.50. The minimum Gasteiger partial charge on any atom is -0.379 e. The van der Waals surface area contributed by atoms with E-state index in [0.717, 1.165) is 32.7 Å². The molecule has 0 aromatic carbocycles. The lowest BCUT2D eigenvalue weighted by atomic mass is 10.2. The Balaban J connectivity index is 1.43. The van der Waals surface area contributed by atoms with Crippen molar-refractivity contribution in [3.05, 3.63) is 24.0 Å². The van der Waals surface area contributed by atoms with Crippen LogP contribution >= 0.6 is 0 Å². The Kier molecular flexibility index (Phi) is 4.87. The number of pyridine rings is 1. The molecular weight excluding hydrogens is 250 g/mol. The van der Waals surface area contributed by atoms with Crippen LogP contribution in [0.2, 0.25) is 0 Å². The number of rotatable bonds is 5. The third kappa shape index (κ3) is 3.70. The summed E-state index contributed by atoms with van der Waals surface area (Å²) < 4.78 is 5.37. The molecule has 0 saturated carbocycles. The molecule has 4 nitrogen and oxygen atoms in total. The first kappa shape index (κ1) is 13.8. The van der Waals surface area contributed by atoms with Gasteiger partial charge in [-0.3, -0.25) is 9.88 Å². The van der Waals surface area contributed by atoms with Gasteiger partial charge in [0.2, 0.25) is 0 Å². The van der Waals surface area contributed by atoms with Gasteiger partial charge in [-0.05, 0) is 44.4 Å². The molecule has 0 bridgehead atoms. The Morgan fingerprint density at radius 3 is 2.55 bits per heavy atom. The molecule has 0 radical (unpaired) electrons. The second-order valence-corrected chi connectivity index (χ2v) is 5.76. The minimum atomic E-state index is 0.892. The number of morpholine rings is 1. The van der Waals surface area contributed by atoms with Crippen LogP contribution in [0.15, 0.2) is 18.3 Å². The van der Waals surface area contributed by atoms with E-state index in [4.69, 9.17) is 4.74 Å². The Hall–Kier alpha value is -1.13. The van der Waals surface area contributed by atoms with Crippen molar-refractivity contribution in [2.24, 2.45) is 0 Å². The standard InChI is InChI=1S/C16H25N3O/c1-2-9-19(8-1)16-6-5-15(17-14-16)4-3-7-18-10-12-20-13-11-18/h5-6,14H,1-4,7-13H2. The summed E-state index contributed by atoms with van der Waals surface area (Å²) in [5.41, 5.74) is 2.51. The van der Waals surface area contributed by atoms with Gasteiger partial charge >= 0.3 is 0 Å². The van der Waals surface area contributed by atoms with Gasteiger partial charge in [-0.25, -0.2) is 0 Å². The van der Waals surface area contributed by atoms with Crippen LogP contribution in [0.1, 0.15) is 25.0 Å². The second-order valence-electron chi connectivity index (χ2n) is 5.76. The van der Waals surface area contributed by atoms with Crippen LogP contribution < -0.4 is 4.90 Å². The van der Waals surface area contributed by atoms with Crippen molar-refractivity contribution < 1.29 is 4.74 Å². The summed E-state index contributed by atoms with van der Waals surface area (Å²) in [4.78, 5) is 9.54. The van der Waals surface area contributed by atoms with Gasteiger partial charge in [0.15, 0.2) is 0 Å². The van der Waals surface area contributed by atoms with Crippen molar-refractivity contribution in [3.63, 3.8) is 0 Å². The molecule has 0 aliphatic carbocycles. The molecule has 0 amide bonds. The van der Waals surface area contributed by atoms with E-state index in [1.54, 1.807) is 0 Å². The lowest BCUT2D eigenvalue weighted by Crippen LogP contribution is -2.36. The first-order valence-electron chi connectivity index (χ1n) is 7.92. The number of nitrogens with zero attached hydrogens (tertiary/aromatic N) is 3. The third-order valence-corrected chi connectivity index (χ3v) is 4.29. The van der Waals surface area contributed by atoms with E-state index in [-0.39, 0.29) is 0 Å². The highest BCUT2D eigenvalue weighted by atomic mass is 16.5. The van der Waals surface area contributed by atoms with Crippen molar-refractivity contribution in [1.29, 1.82) is 0 Å². The van der Waals surface area contributed by atoms with E-state index in [0.29, 0.717) is 0 Å². The number of ether oxygens (including phenoxy) is 1. The average molecular weight is 275 g/mol. The van der Waals surface area contributed by atoms with Crippen molar-refractivity contribution >= 4 is 5.69 Å². The Morgan fingerprint density at radius 1 is 1.05 bits per heavy atom. The van der Waals surface area contributed by atoms with Crippen molar-refractivity contribution in [2.75, 3.05) is 50.8 Å². The van der Waals surface area contributed by atoms with E-state index in [9.17, 15) is 0 Å². The molecule has 1 aromatic rings. The van der Waals surface area contributed by atoms with Crippen LogP contribution in [0.3, 0.4) is 0 Å². The number of aryl methyl sites for hydroxylation is 1. The van der Waals surface area contributed by atoms with E-state index in [1.165, 1.54) is 50.3 Å². The fourth-order valence-electron chi connectivity index (χ4n) is 3.04. The van der Waals surface area contributed by atoms with Crippen LogP contribution in [0, 0.1) is 0 Å². The maximum Gasteiger partial charge on any atom is 0.0594 e. The first-order valence-corrected chi connectivity index (χ1v) is 7.92. The van der Waals surface area contributed by atoms with Crippen molar-refractivity contribution in [1.82, 2.24) is 9.88 Å². The highest BCUT2D eigenvalue weighted by molar-refractivity contribution is 5.45. The van der Waals surface area contributed by atoms with Crippen molar-refractivity contribution in [3.8, 4) is 0 Å². The monoisotopic (exact) mass is 275 g/mol. The molecule has 0 N–H and O–H groups in total. The van der Waals surface area contributed by atoms with Gasteiger partial charge in [-0.2, -0.15) is 0 Å². The normalized spacial score (nSPS) is 20.5. The molecule has 2 fully saturated rings. The summed E-state index contributed by atoms with van der Waals surface area (Å²) in [7, 11) is 0. The van der Waals surface area contributed by atoms with E-state index < -0.39 is 0 Å². The predicted molar refractivity (Wildman–Crippen MR) is 81.3 cm³/mol. The first-order chi connectivity index (χ1) is 9.92. The number of hydrogen-bond acceptors (Lipinski definition) is 4. The third-order valence-electron chi connectivity index (χ3n) is 4.29. The highest BCUT2D eigenvalue weighted by Gasteiger charge is 2.12. The Morgan fingerprint density at radius 2 is 1.85 bits per heavy atom. The van der Waals surface area contributed by atoms with Crippen LogP contribution in [-0.2, 0) is 11.2 Å². The predicted octanol–water partition coefficient (Wildman–Crippen LogP) is 1.95. The SMILES string of the molecule is c1cc(CCCN2CCOCC2)ncc1N1CCCC1. The molecule has 2 aliphatic heterocycles. The van der Waals surface area contributed by atoms with Crippen molar-refractivity contribution in [2.45, 2.75) is 25.7 Å². The Bertz CT molecular complexity index is 395. The maximum absolute atomic E-state index is 5.37. The largest absolute Gasteiger partial charge is 0.379 e. The summed E-state index contributed by atoms with van der Waals surface area (Å²) in [6.07, 6.45) is 6.96. The molecule has 3 rings (SSSR count). The maximum atomic E-state index is 5.37. The van der Waals surface area contributed by atoms with E-state index >= 15 is 0 Å². The molecule has 3 heterocycles. The summed E-state index contributed by atoms with van der Waals surface area (Å²) >= 11 is 0. The van der Waals surface area contributed by atoms with Crippen LogP contribution in [0.25, 0.3) is 0 Å². The fourth-order valence-corrected chi connectivity index (χ4v) is 3.04. The zero-order chi connectivity index (χ0) is 13.6. The molecular formula is C16H25N3O. The second kappa shape index (κ2) is 7.04. The highest BCUT2D eigenvalue weighted by Crippen LogP contribution is 2.19. The molecule has 2 saturated heterocycles. The van der Waals surface area contributed by atoms with Gasteiger partial charge in [-0.15, -0.1) is 0 Å². The number of hydrogen-bond donors (Lipinski definition) is 0. The van der Waals surface area contributed by atoms with Gasteiger partial charge in [0.25, 0.3) is 0 Å². The van der Waals surface area contributed by atoms with E-state index in [1.807, 2.05) is 0 Å². The molecule has 1 aromatic heterocycles. The van der Waals surface area contributed by atoms with Gasteiger partial charge in [0.1, 0.15) is 0 Å². The fraction of sp³-hybridized carbons (Fsp3) is 0.688. The molecule has 0 atom stereocenters. The van der Waals surface area contributed by atoms with Gasteiger partial charge in [-0.1, -0.05) is 0 Å². The molecule has 0 spiro atoms. The number of anilines is 1. The number of aromatic nitrogens is 1. The summed E-state index contributed by atoms with van der Waals surface area (Å²) in [5.74, 6) is 0. The molecule has 110 valence electrons. The van der Waals surface area contributed by atoms with Crippen LogP contribution in [0.5, 0.6) is 0 Å². The van der Waals surface area contributed by atoms with Gasteiger partial charge < -0.3 is 9.64 Å². The Labute approximate surface area is 121 Å². The topological polar surface area (TPSA) is 28.6 Å². The van der Waals surface area contributed by atoms with Crippen LogP contribution in [-0.4, -0.2) is 55.8 Å². The summed E-state index contributed by atoms with van der Waals surface area (Å²) in [5, 5.41) is 0. The van der Waals surface area contributed by atoms with Crippen LogP contribution in [0.4, 0.5) is 5.69 Å². The average Bonchev–Trinajstić information content (AvgIpc) is 3.03. The molecule has 4 heteroatoms. The van der Waals surface area contributed by atoms with Gasteiger partial charge in [0.05, 0.1) is 25.1 Å². The summed E-state index contributed by atoms with van der Waals surface area (Å²) in [6, 6.07) is 4.44. The molecule has 2 aliphatic rings. The lowest BCUT2D eigenvalue weighted by molar-refractivity contribution is 0.0374. The quantitative estimate of drug-likeness (QED) is 0.821. The molecule has 20 heavy (non-hydrogen) atoms. The minimum absolute atomic E-state index is 0.892. The molecule has 0 unspecified atom stereocenters. The lowest BCUT2D eigenvalue weighted by Gasteiger charge is -2.26. The zero-order valence-electron chi connectivity index (χ0n) is 12.3.